The number of carbonyl (C=O) groups is 3. The summed E-state index contributed by atoms with van der Waals surface area (Å²) in [6.07, 6.45) is 4.82. The molecule has 2 aromatic rings. The average Bonchev–Trinajstić information content (AvgIpc) is 2.79. The summed E-state index contributed by atoms with van der Waals surface area (Å²) in [5.41, 5.74) is 2.18. The molecule has 168 valence electrons. The van der Waals surface area contributed by atoms with Gasteiger partial charge >= 0.3 is 0 Å². The topological polar surface area (TPSA) is 72.9 Å². The highest BCUT2D eigenvalue weighted by molar-refractivity contribution is 6.31. The van der Waals surface area contributed by atoms with Gasteiger partial charge in [0.1, 0.15) is 24.1 Å². The number of nitrogens with zero attached hydrogens (tertiary/aromatic N) is 1. The van der Waals surface area contributed by atoms with Crippen molar-refractivity contribution in [1.29, 1.82) is 0 Å². The molecule has 0 saturated heterocycles. The summed E-state index contributed by atoms with van der Waals surface area (Å²) in [5.74, 6) is 0.833. The Balaban J connectivity index is 2.44. The largest absolute Gasteiger partial charge is 0.497 e. The number of likely N-dealkylation sites (N-methyl/N-ethyl adjacent to an activating group) is 1. The summed E-state index contributed by atoms with van der Waals surface area (Å²) in [5, 5.41) is 0.411. The first-order valence-corrected chi connectivity index (χ1v) is 10.2. The third-order valence-corrected chi connectivity index (χ3v) is 5.19. The predicted molar refractivity (Wildman–Crippen MR) is 125 cm³/mol. The summed E-state index contributed by atoms with van der Waals surface area (Å²) in [4.78, 5) is 37.1. The fourth-order valence-corrected chi connectivity index (χ4v) is 3.43. The Bertz CT molecular complexity index is 1040. The van der Waals surface area contributed by atoms with Gasteiger partial charge in [0.05, 0.1) is 20.3 Å². The Hall–Kier alpha value is -3.38. The van der Waals surface area contributed by atoms with Crippen molar-refractivity contribution < 1.29 is 23.9 Å². The highest BCUT2D eigenvalue weighted by Crippen LogP contribution is 2.30. The zero-order valence-electron chi connectivity index (χ0n) is 18.5. The molecular formula is C25H26ClNO5. The summed E-state index contributed by atoms with van der Waals surface area (Å²) < 4.78 is 10.8. The molecule has 0 fully saturated rings. The van der Waals surface area contributed by atoms with Gasteiger partial charge in [0, 0.05) is 29.4 Å². The van der Waals surface area contributed by atoms with Gasteiger partial charge in [-0.25, -0.2) is 0 Å². The van der Waals surface area contributed by atoms with Gasteiger partial charge in [0.2, 0.25) is 0 Å². The smallest absolute Gasteiger partial charge is 0.160 e. The molecule has 32 heavy (non-hydrogen) atoms. The van der Waals surface area contributed by atoms with Crippen molar-refractivity contribution >= 4 is 35.5 Å². The van der Waals surface area contributed by atoms with Gasteiger partial charge in [-0.15, -0.1) is 0 Å². The van der Waals surface area contributed by atoms with E-state index < -0.39 is 6.04 Å². The van der Waals surface area contributed by atoms with E-state index in [-0.39, 0.29) is 5.78 Å². The number of ketones is 1. The third kappa shape index (κ3) is 6.31. The molecule has 0 aliphatic carbocycles. The molecule has 0 amide bonds. The SMILES string of the molecule is COC(=C/N(C)C(C=O)Cc1cccc(OC)c1)/C(=C\C=O)c1cc(Cl)ccc1C(C)=O. The van der Waals surface area contributed by atoms with Crippen LogP contribution in [-0.4, -0.2) is 50.6 Å². The average molecular weight is 456 g/mol. The van der Waals surface area contributed by atoms with Crippen molar-refractivity contribution in [2.24, 2.45) is 0 Å². The van der Waals surface area contributed by atoms with Crippen LogP contribution in [0.25, 0.3) is 5.57 Å². The summed E-state index contributed by atoms with van der Waals surface area (Å²) in [6, 6.07) is 11.8. The van der Waals surface area contributed by atoms with Crippen LogP contribution in [0.2, 0.25) is 5.02 Å². The normalized spacial score (nSPS) is 12.7. The lowest BCUT2D eigenvalue weighted by Gasteiger charge is -2.24. The summed E-state index contributed by atoms with van der Waals surface area (Å²) >= 11 is 6.15. The minimum atomic E-state index is -0.503. The third-order valence-electron chi connectivity index (χ3n) is 4.95. The Kier molecular flexibility index (Phi) is 9.22. The molecule has 0 spiro atoms. The van der Waals surface area contributed by atoms with Gasteiger partial charge in [-0.1, -0.05) is 23.7 Å². The summed E-state index contributed by atoms with van der Waals surface area (Å²) in [7, 11) is 4.77. The van der Waals surface area contributed by atoms with Crippen LogP contribution in [0.3, 0.4) is 0 Å². The lowest BCUT2D eigenvalue weighted by Crippen LogP contribution is -2.31. The molecule has 0 aliphatic rings. The van der Waals surface area contributed by atoms with E-state index in [0.29, 0.717) is 45.9 Å². The predicted octanol–water partition coefficient (Wildman–Crippen LogP) is 4.36. The second kappa shape index (κ2) is 11.9. The van der Waals surface area contributed by atoms with Crippen molar-refractivity contribution in [2.45, 2.75) is 19.4 Å². The molecule has 0 N–H and O–H groups in total. The van der Waals surface area contributed by atoms with Crippen molar-refractivity contribution in [3.05, 3.63) is 82.2 Å². The van der Waals surface area contributed by atoms with Crippen LogP contribution in [0.5, 0.6) is 5.75 Å². The number of methoxy groups -OCH3 is 2. The van der Waals surface area contributed by atoms with Crippen LogP contribution in [0.4, 0.5) is 0 Å². The van der Waals surface area contributed by atoms with Crippen LogP contribution < -0.4 is 4.74 Å². The van der Waals surface area contributed by atoms with Crippen molar-refractivity contribution in [1.82, 2.24) is 4.90 Å². The van der Waals surface area contributed by atoms with Gasteiger partial charge in [-0.3, -0.25) is 9.59 Å². The maximum Gasteiger partial charge on any atom is 0.160 e. The molecule has 0 heterocycles. The van der Waals surface area contributed by atoms with Crippen LogP contribution >= 0.6 is 11.6 Å². The molecule has 0 aromatic heterocycles. The quantitative estimate of drug-likeness (QED) is 0.165. The van der Waals surface area contributed by atoms with E-state index in [9.17, 15) is 14.4 Å². The first kappa shape index (κ1) is 24.9. The van der Waals surface area contributed by atoms with Gasteiger partial charge in [-0.2, -0.15) is 0 Å². The van der Waals surface area contributed by atoms with Crippen LogP contribution in [-0.2, 0) is 20.7 Å². The van der Waals surface area contributed by atoms with E-state index in [1.165, 1.54) is 20.1 Å². The van der Waals surface area contributed by atoms with Gasteiger partial charge in [-0.05, 0) is 60.9 Å². The number of Topliss-reactive ketones (excluding diaryl/α,β-unsaturated/α-hetero) is 1. The van der Waals surface area contributed by atoms with E-state index in [1.54, 1.807) is 43.5 Å². The van der Waals surface area contributed by atoms with Crippen LogP contribution in [0.15, 0.2) is 60.5 Å². The first-order chi connectivity index (χ1) is 15.3. The number of halogens is 1. The van der Waals surface area contributed by atoms with E-state index in [1.807, 2.05) is 24.3 Å². The second-order valence-electron chi connectivity index (χ2n) is 7.08. The van der Waals surface area contributed by atoms with Crippen molar-refractivity contribution in [3.63, 3.8) is 0 Å². The van der Waals surface area contributed by atoms with Crippen molar-refractivity contribution in [2.75, 3.05) is 21.3 Å². The Morgan fingerprint density at radius 1 is 1.12 bits per heavy atom. The highest BCUT2D eigenvalue weighted by Gasteiger charge is 2.19. The number of carbonyl (C=O) groups excluding carboxylic acids is 3. The zero-order valence-corrected chi connectivity index (χ0v) is 19.3. The molecule has 2 aromatic carbocycles. The van der Waals surface area contributed by atoms with Gasteiger partial charge in [0.25, 0.3) is 0 Å². The van der Waals surface area contributed by atoms with Crippen LogP contribution in [0.1, 0.15) is 28.4 Å². The Morgan fingerprint density at radius 3 is 2.47 bits per heavy atom. The standard InChI is InChI=1S/C25H26ClNO5/c1-17(30)22-9-8-19(26)14-24(22)23(10-11-28)25(32-4)15-27(2)20(16-29)12-18-6-5-7-21(13-18)31-3/h5-11,13-16,20H,12H2,1-4H3/b23-10-,25-15+. The van der Waals surface area contributed by atoms with E-state index in [2.05, 4.69) is 0 Å². The molecule has 1 unspecified atom stereocenters. The maximum absolute atomic E-state index is 12.1. The second-order valence-corrected chi connectivity index (χ2v) is 7.52. The molecule has 0 saturated carbocycles. The minimum absolute atomic E-state index is 0.180. The molecule has 2 rings (SSSR count). The number of benzene rings is 2. The number of aldehydes is 2. The highest BCUT2D eigenvalue weighted by atomic mass is 35.5. The fraction of sp³-hybridized carbons (Fsp3) is 0.240. The molecule has 0 radical (unpaired) electrons. The minimum Gasteiger partial charge on any atom is -0.497 e. The van der Waals surface area contributed by atoms with Gasteiger partial charge in [0.15, 0.2) is 5.78 Å². The first-order valence-electron chi connectivity index (χ1n) is 9.87. The Morgan fingerprint density at radius 2 is 1.88 bits per heavy atom. The molecule has 6 nitrogen and oxygen atoms in total. The number of hydrogen-bond acceptors (Lipinski definition) is 6. The van der Waals surface area contributed by atoms with Crippen LogP contribution in [0, 0.1) is 0 Å². The fourth-order valence-electron chi connectivity index (χ4n) is 3.26. The van der Waals surface area contributed by atoms with E-state index in [4.69, 9.17) is 21.1 Å². The molecular weight excluding hydrogens is 430 g/mol. The number of rotatable bonds is 11. The number of hydrogen-bond donors (Lipinski definition) is 0. The Labute approximate surface area is 193 Å². The van der Waals surface area contributed by atoms with E-state index >= 15 is 0 Å². The molecule has 7 heteroatoms. The molecule has 0 bridgehead atoms. The van der Waals surface area contributed by atoms with Gasteiger partial charge < -0.3 is 19.2 Å². The lowest BCUT2D eigenvalue weighted by atomic mass is 9.95. The summed E-state index contributed by atoms with van der Waals surface area (Å²) in [6.45, 7) is 1.43. The molecule has 0 aliphatic heterocycles. The lowest BCUT2D eigenvalue weighted by molar-refractivity contribution is -0.111. The zero-order chi connectivity index (χ0) is 23.7. The molecule has 1 atom stereocenters. The monoisotopic (exact) mass is 455 g/mol. The van der Waals surface area contributed by atoms with E-state index in [0.717, 1.165) is 11.8 Å². The van der Waals surface area contributed by atoms with Crippen molar-refractivity contribution in [3.8, 4) is 5.75 Å². The number of ether oxygens (including phenoxy) is 2. The number of allylic oxidation sites excluding steroid dienone is 2. The maximum atomic E-state index is 12.1.